The lowest BCUT2D eigenvalue weighted by Crippen LogP contribution is -2.38. The van der Waals surface area contributed by atoms with Gasteiger partial charge in [-0.2, -0.15) is 0 Å². The number of hydrogen-bond acceptors (Lipinski definition) is 3. The van der Waals surface area contributed by atoms with E-state index in [0.29, 0.717) is 0 Å². The first-order valence-corrected chi connectivity index (χ1v) is 9.70. The smallest absolute Gasteiger partial charge is 0.179 e. The number of thioether (sulfide) groups is 1. The van der Waals surface area contributed by atoms with Crippen LogP contribution in [0.5, 0.6) is 0 Å². The van der Waals surface area contributed by atoms with E-state index in [9.17, 15) is 0 Å². The Hall–Kier alpha value is -1.42. The first-order chi connectivity index (χ1) is 11.3. The maximum Gasteiger partial charge on any atom is 0.179 e. The van der Waals surface area contributed by atoms with Crippen LogP contribution in [0.15, 0.2) is 22.5 Å². The average Bonchev–Trinajstić information content (AvgIpc) is 2.58. The van der Waals surface area contributed by atoms with E-state index in [1.807, 2.05) is 0 Å². The molecule has 0 amide bonds. The van der Waals surface area contributed by atoms with Crippen LogP contribution in [0, 0.1) is 0 Å². The van der Waals surface area contributed by atoms with Crippen molar-refractivity contribution in [1.82, 2.24) is 10.9 Å². The predicted molar refractivity (Wildman–Crippen MR) is 106 cm³/mol. The van der Waals surface area contributed by atoms with Gasteiger partial charge in [-0.1, -0.05) is 52.4 Å². The summed E-state index contributed by atoms with van der Waals surface area (Å²) in [5.41, 5.74) is 13.9. The molecular formula is C20H29N3S. The Labute approximate surface area is 150 Å². The van der Waals surface area contributed by atoms with Crippen LogP contribution in [-0.2, 0) is 17.3 Å². The fourth-order valence-corrected chi connectivity index (χ4v) is 4.37. The van der Waals surface area contributed by atoms with E-state index in [-0.39, 0.29) is 10.8 Å². The monoisotopic (exact) mass is 343 g/mol. The summed E-state index contributed by atoms with van der Waals surface area (Å²) in [5, 5.41) is 3.07. The SMILES string of the molecule is CCc1cc2c(cc1C1=CSC(=NC)NN1)C(C)(C)CCC2(C)C. The fraction of sp³-hybridized carbons (Fsp3) is 0.550. The van der Waals surface area contributed by atoms with Crippen molar-refractivity contribution in [3.8, 4) is 0 Å². The highest BCUT2D eigenvalue weighted by molar-refractivity contribution is 8.16. The van der Waals surface area contributed by atoms with Gasteiger partial charge in [-0.15, -0.1) is 0 Å². The molecule has 1 aliphatic heterocycles. The molecule has 0 spiro atoms. The Morgan fingerprint density at radius 3 is 2.17 bits per heavy atom. The first kappa shape index (κ1) is 17.4. The summed E-state index contributed by atoms with van der Waals surface area (Å²) < 4.78 is 0. The number of nitrogens with one attached hydrogen (secondary N) is 2. The summed E-state index contributed by atoms with van der Waals surface area (Å²) >= 11 is 1.64. The van der Waals surface area contributed by atoms with Crippen LogP contribution in [0.25, 0.3) is 5.70 Å². The van der Waals surface area contributed by atoms with E-state index in [1.54, 1.807) is 18.8 Å². The zero-order chi connectivity index (χ0) is 17.5. The van der Waals surface area contributed by atoms with Crippen LogP contribution < -0.4 is 10.9 Å². The van der Waals surface area contributed by atoms with Gasteiger partial charge in [-0.3, -0.25) is 15.8 Å². The van der Waals surface area contributed by atoms with Crippen molar-refractivity contribution >= 4 is 22.6 Å². The van der Waals surface area contributed by atoms with Crippen molar-refractivity contribution in [2.75, 3.05) is 7.05 Å². The molecule has 1 aliphatic carbocycles. The minimum Gasteiger partial charge on any atom is -0.298 e. The predicted octanol–water partition coefficient (Wildman–Crippen LogP) is 4.72. The van der Waals surface area contributed by atoms with Crippen LogP contribution in [-0.4, -0.2) is 12.2 Å². The van der Waals surface area contributed by atoms with E-state index in [1.165, 1.54) is 35.1 Å². The van der Waals surface area contributed by atoms with E-state index in [2.05, 4.69) is 68.0 Å². The minimum atomic E-state index is 0.234. The van der Waals surface area contributed by atoms with Crippen LogP contribution >= 0.6 is 11.8 Å². The Morgan fingerprint density at radius 2 is 1.67 bits per heavy atom. The largest absolute Gasteiger partial charge is 0.298 e. The summed E-state index contributed by atoms with van der Waals surface area (Å²) in [6, 6.07) is 4.90. The summed E-state index contributed by atoms with van der Waals surface area (Å²) in [5.74, 6) is 0. The van der Waals surface area contributed by atoms with Crippen molar-refractivity contribution in [2.45, 2.75) is 64.7 Å². The number of benzene rings is 1. The van der Waals surface area contributed by atoms with Gasteiger partial charge in [-0.25, -0.2) is 0 Å². The van der Waals surface area contributed by atoms with E-state index >= 15 is 0 Å². The molecule has 24 heavy (non-hydrogen) atoms. The second-order valence-electron chi connectivity index (χ2n) is 8.10. The molecule has 1 aromatic rings. The average molecular weight is 344 g/mol. The molecule has 130 valence electrons. The van der Waals surface area contributed by atoms with E-state index in [0.717, 1.165) is 17.3 Å². The zero-order valence-corrected chi connectivity index (χ0v) is 16.5. The van der Waals surface area contributed by atoms with E-state index in [4.69, 9.17) is 0 Å². The maximum atomic E-state index is 4.19. The van der Waals surface area contributed by atoms with Gasteiger partial charge in [0.15, 0.2) is 5.17 Å². The normalized spacial score (nSPS) is 23.1. The van der Waals surface area contributed by atoms with Gasteiger partial charge in [0.05, 0.1) is 5.70 Å². The highest BCUT2D eigenvalue weighted by Gasteiger charge is 2.37. The van der Waals surface area contributed by atoms with Gasteiger partial charge in [0, 0.05) is 18.0 Å². The Morgan fingerprint density at radius 1 is 1.04 bits per heavy atom. The molecule has 0 unspecified atom stereocenters. The maximum absolute atomic E-state index is 4.19. The van der Waals surface area contributed by atoms with Gasteiger partial charge in [0.25, 0.3) is 0 Å². The first-order valence-electron chi connectivity index (χ1n) is 8.82. The number of aliphatic imine (C=N–C) groups is 1. The van der Waals surface area contributed by atoms with Crippen molar-refractivity contribution < 1.29 is 0 Å². The summed E-state index contributed by atoms with van der Waals surface area (Å²) in [6.45, 7) is 11.8. The molecule has 3 rings (SSSR count). The third-order valence-corrected chi connectivity index (χ3v) is 6.40. The lowest BCUT2D eigenvalue weighted by Gasteiger charge is -2.42. The number of hydrogen-bond donors (Lipinski definition) is 2. The molecule has 3 nitrogen and oxygen atoms in total. The van der Waals surface area contributed by atoms with Gasteiger partial charge < -0.3 is 0 Å². The molecule has 0 radical (unpaired) electrons. The Balaban J connectivity index is 2.14. The van der Waals surface area contributed by atoms with Crippen molar-refractivity contribution in [2.24, 2.45) is 4.99 Å². The summed E-state index contributed by atoms with van der Waals surface area (Å²) in [7, 11) is 1.80. The Bertz CT molecular complexity index is 714. The second kappa shape index (κ2) is 6.14. The fourth-order valence-electron chi connectivity index (χ4n) is 3.74. The molecular weight excluding hydrogens is 314 g/mol. The molecule has 0 atom stereocenters. The molecule has 0 bridgehead atoms. The number of nitrogens with zero attached hydrogens (tertiary/aromatic N) is 1. The van der Waals surface area contributed by atoms with Crippen molar-refractivity contribution in [3.05, 3.63) is 39.8 Å². The van der Waals surface area contributed by atoms with Crippen LogP contribution in [0.3, 0.4) is 0 Å². The number of fused-ring (bicyclic) bond motifs is 1. The molecule has 4 heteroatoms. The molecule has 2 N–H and O–H groups in total. The zero-order valence-electron chi connectivity index (χ0n) is 15.7. The Kier molecular flexibility index (Phi) is 4.45. The van der Waals surface area contributed by atoms with E-state index < -0.39 is 0 Å². The van der Waals surface area contributed by atoms with Gasteiger partial charge in [0.1, 0.15) is 0 Å². The lowest BCUT2D eigenvalue weighted by atomic mass is 9.62. The van der Waals surface area contributed by atoms with Crippen LogP contribution in [0.2, 0.25) is 0 Å². The number of rotatable bonds is 2. The molecule has 2 aliphatic rings. The molecule has 1 aromatic carbocycles. The summed E-state index contributed by atoms with van der Waals surface area (Å²) in [6.07, 6.45) is 3.53. The topological polar surface area (TPSA) is 36.4 Å². The molecule has 0 saturated heterocycles. The van der Waals surface area contributed by atoms with Crippen LogP contribution in [0.4, 0.5) is 0 Å². The standard InChI is InChI=1S/C20H29N3S/c1-7-13-10-15-16(20(4,5)9-8-19(15,2)3)11-14(13)17-12-24-18(21-6)23-22-17/h10-12,22H,7-9H2,1-6H3,(H,21,23). The highest BCUT2D eigenvalue weighted by atomic mass is 32.2. The summed E-state index contributed by atoms with van der Waals surface area (Å²) in [4.78, 5) is 4.19. The third-order valence-electron chi connectivity index (χ3n) is 5.54. The lowest BCUT2D eigenvalue weighted by molar-refractivity contribution is 0.331. The number of aryl methyl sites for hydroxylation is 1. The number of hydrazine groups is 1. The molecule has 0 aromatic heterocycles. The number of amidine groups is 1. The van der Waals surface area contributed by atoms with Gasteiger partial charge in [0.2, 0.25) is 0 Å². The van der Waals surface area contributed by atoms with Crippen molar-refractivity contribution in [1.29, 1.82) is 0 Å². The quantitative estimate of drug-likeness (QED) is 0.815. The van der Waals surface area contributed by atoms with Crippen molar-refractivity contribution in [3.63, 3.8) is 0 Å². The molecule has 1 heterocycles. The molecule has 0 fully saturated rings. The molecule has 0 saturated carbocycles. The second-order valence-corrected chi connectivity index (χ2v) is 8.96. The van der Waals surface area contributed by atoms with Gasteiger partial charge >= 0.3 is 0 Å². The highest BCUT2D eigenvalue weighted by Crippen LogP contribution is 2.47. The van der Waals surface area contributed by atoms with Gasteiger partial charge in [-0.05, 0) is 52.8 Å². The third kappa shape index (κ3) is 2.97. The minimum absolute atomic E-state index is 0.234. The van der Waals surface area contributed by atoms with Crippen LogP contribution in [0.1, 0.15) is 69.7 Å².